The lowest BCUT2D eigenvalue weighted by Gasteiger charge is -2.06. The minimum atomic E-state index is -0.502. The number of carbonyl (C=O) groups is 1. The number of aromatic hydroxyl groups is 1. The second kappa shape index (κ2) is 3.59. The van der Waals surface area contributed by atoms with Gasteiger partial charge < -0.3 is 5.11 Å². The first-order valence-electron chi connectivity index (χ1n) is 4.45. The number of hydrogen-bond donors (Lipinski definition) is 3. The molecule has 0 aliphatic rings. The van der Waals surface area contributed by atoms with Crippen molar-refractivity contribution in [3.63, 3.8) is 0 Å². The number of benzene rings is 2. The number of nitrogens with two attached hydrogens (primary N) is 1. The zero-order valence-electron chi connectivity index (χ0n) is 7.90. The van der Waals surface area contributed by atoms with Crippen LogP contribution in [0.15, 0.2) is 36.4 Å². The standard InChI is InChI=1S/C11H10N2O2/c12-13-11(15)9-6-5-7-3-1-2-4-8(7)10(9)14/h1-6,14H,12H2,(H,13,15). The van der Waals surface area contributed by atoms with Crippen LogP contribution in [0.2, 0.25) is 0 Å². The van der Waals surface area contributed by atoms with Crippen LogP contribution in [0.4, 0.5) is 0 Å². The summed E-state index contributed by atoms with van der Waals surface area (Å²) in [6.45, 7) is 0. The van der Waals surface area contributed by atoms with Gasteiger partial charge >= 0.3 is 0 Å². The number of carbonyl (C=O) groups excluding carboxylic acids is 1. The highest BCUT2D eigenvalue weighted by Crippen LogP contribution is 2.28. The van der Waals surface area contributed by atoms with Crippen molar-refractivity contribution in [2.24, 2.45) is 5.84 Å². The molecule has 2 aromatic carbocycles. The maximum Gasteiger partial charge on any atom is 0.268 e. The number of amides is 1. The molecule has 1 amide bonds. The molecular weight excluding hydrogens is 192 g/mol. The summed E-state index contributed by atoms with van der Waals surface area (Å²) < 4.78 is 0. The van der Waals surface area contributed by atoms with E-state index in [9.17, 15) is 9.90 Å². The summed E-state index contributed by atoms with van der Waals surface area (Å²) in [6, 6.07) is 10.6. The lowest BCUT2D eigenvalue weighted by molar-refractivity contribution is 0.0951. The minimum Gasteiger partial charge on any atom is -0.506 e. The van der Waals surface area contributed by atoms with E-state index in [0.29, 0.717) is 5.39 Å². The highest BCUT2D eigenvalue weighted by Gasteiger charge is 2.11. The quantitative estimate of drug-likeness (QED) is 0.369. The molecule has 0 unspecified atom stereocenters. The normalized spacial score (nSPS) is 10.2. The van der Waals surface area contributed by atoms with Crippen LogP contribution < -0.4 is 11.3 Å². The van der Waals surface area contributed by atoms with E-state index in [1.165, 1.54) is 0 Å². The molecule has 0 radical (unpaired) electrons. The van der Waals surface area contributed by atoms with Crippen molar-refractivity contribution < 1.29 is 9.90 Å². The van der Waals surface area contributed by atoms with Crippen LogP contribution in [0.25, 0.3) is 10.8 Å². The van der Waals surface area contributed by atoms with Crippen molar-refractivity contribution >= 4 is 16.7 Å². The first-order valence-corrected chi connectivity index (χ1v) is 4.45. The summed E-state index contributed by atoms with van der Waals surface area (Å²) in [4.78, 5) is 11.3. The Labute approximate surface area is 86.3 Å². The third kappa shape index (κ3) is 1.51. The van der Waals surface area contributed by atoms with Crippen LogP contribution in [-0.2, 0) is 0 Å². The minimum absolute atomic E-state index is 0.0453. The first-order chi connectivity index (χ1) is 7.24. The van der Waals surface area contributed by atoms with E-state index in [-0.39, 0.29) is 11.3 Å². The average molecular weight is 202 g/mol. The van der Waals surface area contributed by atoms with E-state index in [1.54, 1.807) is 24.3 Å². The number of phenolic OH excluding ortho intramolecular Hbond substituents is 1. The van der Waals surface area contributed by atoms with Crippen molar-refractivity contribution in [3.05, 3.63) is 42.0 Å². The number of hydrogen-bond acceptors (Lipinski definition) is 3. The molecule has 4 N–H and O–H groups in total. The number of hydrazine groups is 1. The lowest BCUT2D eigenvalue weighted by Crippen LogP contribution is -2.29. The van der Waals surface area contributed by atoms with Crippen molar-refractivity contribution in [2.75, 3.05) is 0 Å². The molecule has 0 spiro atoms. The number of nitrogen functional groups attached to an aromatic ring is 1. The van der Waals surface area contributed by atoms with Gasteiger partial charge in [0.05, 0.1) is 5.56 Å². The molecule has 76 valence electrons. The van der Waals surface area contributed by atoms with Crippen LogP contribution >= 0.6 is 0 Å². The Bertz CT molecular complexity index is 523. The number of nitrogens with one attached hydrogen (secondary N) is 1. The predicted octanol–water partition coefficient (Wildman–Crippen LogP) is 1.15. The molecule has 0 bridgehead atoms. The molecule has 4 nitrogen and oxygen atoms in total. The molecule has 0 fully saturated rings. The van der Waals surface area contributed by atoms with Gasteiger partial charge in [-0.2, -0.15) is 0 Å². The molecular formula is C11H10N2O2. The summed E-state index contributed by atoms with van der Waals surface area (Å²) in [5, 5.41) is 11.4. The van der Waals surface area contributed by atoms with E-state index < -0.39 is 5.91 Å². The molecule has 0 aliphatic carbocycles. The van der Waals surface area contributed by atoms with Gasteiger partial charge in [0.2, 0.25) is 0 Å². The van der Waals surface area contributed by atoms with E-state index in [1.807, 2.05) is 17.6 Å². The van der Waals surface area contributed by atoms with Crippen LogP contribution in [0, 0.1) is 0 Å². The number of fused-ring (bicyclic) bond motifs is 1. The second-order valence-corrected chi connectivity index (χ2v) is 3.16. The summed E-state index contributed by atoms with van der Waals surface area (Å²) in [6.07, 6.45) is 0. The Morgan fingerprint density at radius 2 is 1.93 bits per heavy atom. The Morgan fingerprint density at radius 1 is 1.20 bits per heavy atom. The van der Waals surface area contributed by atoms with E-state index >= 15 is 0 Å². The van der Waals surface area contributed by atoms with Gasteiger partial charge in [0.25, 0.3) is 5.91 Å². The highest BCUT2D eigenvalue weighted by atomic mass is 16.3. The zero-order chi connectivity index (χ0) is 10.8. The van der Waals surface area contributed by atoms with Crippen LogP contribution in [0.5, 0.6) is 5.75 Å². The molecule has 2 aromatic rings. The number of rotatable bonds is 1. The van der Waals surface area contributed by atoms with Crippen molar-refractivity contribution in [2.45, 2.75) is 0 Å². The fraction of sp³-hybridized carbons (Fsp3) is 0. The van der Waals surface area contributed by atoms with E-state index in [0.717, 1.165) is 5.39 Å². The summed E-state index contributed by atoms with van der Waals surface area (Å²) in [5.74, 6) is 4.46. The van der Waals surface area contributed by atoms with Gasteiger partial charge in [-0.05, 0) is 11.5 Å². The summed E-state index contributed by atoms with van der Waals surface area (Å²) in [7, 11) is 0. The van der Waals surface area contributed by atoms with E-state index in [4.69, 9.17) is 5.84 Å². The van der Waals surface area contributed by atoms with Gasteiger partial charge in [-0.25, -0.2) is 5.84 Å². The van der Waals surface area contributed by atoms with Crippen LogP contribution in [0.1, 0.15) is 10.4 Å². The molecule has 0 saturated heterocycles. The Kier molecular flexibility index (Phi) is 2.27. The monoisotopic (exact) mass is 202 g/mol. The van der Waals surface area contributed by atoms with Crippen molar-refractivity contribution in [1.29, 1.82) is 0 Å². The van der Waals surface area contributed by atoms with Crippen LogP contribution in [-0.4, -0.2) is 11.0 Å². The molecule has 15 heavy (non-hydrogen) atoms. The average Bonchev–Trinajstić information content (AvgIpc) is 2.29. The Morgan fingerprint density at radius 3 is 2.67 bits per heavy atom. The van der Waals surface area contributed by atoms with Gasteiger partial charge in [0.15, 0.2) is 0 Å². The van der Waals surface area contributed by atoms with Gasteiger partial charge in [-0.3, -0.25) is 10.2 Å². The largest absolute Gasteiger partial charge is 0.506 e. The molecule has 4 heteroatoms. The SMILES string of the molecule is NNC(=O)c1ccc2ccccc2c1O. The van der Waals surface area contributed by atoms with Gasteiger partial charge in [-0.15, -0.1) is 0 Å². The first kappa shape index (κ1) is 9.48. The van der Waals surface area contributed by atoms with Gasteiger partial charge in [-0.1, -0.05) is 30.3 Å². The van der Waals surface area contributed by atoms with Crippen molar-refractivity contribution in [1.82, 2.24) is 5.43 Å². The Hall–Kier alpha value is -2.07. The third-order valence-corrected chi connectivity index (χ3v) is 2.28. The maximum absolute atomic E-state index is 11.3. The summed E-state index contributed by atoms with van der Waals surface area (Å²) >= 11 is 0. The van der Waals surface area contributed by atoms with Crippen LogP contribution in [0.3, 0.4) is 0 Å². The third-order valence-electron chi connectivity index (χ3n) is 2.28. The predicted molar refractivity (Wildman–Crippen MR) is 57.3 cm³/mol. The molecule has 2 rings (SSSR count). The van der Waals surface area contributed by atoms with Gasteiger partial charge in [0.1, 0.15) is 5.75 Å². The maximum atomic E-state index is 11.3. The highest BCUT2D eigenvalue weighted by molar-refractivity contribution is 6.03. The topological polar surface area (TPSA) is 75.3 Å². The van der Waals surface area contributed by atoms with E-state index in [2.05, 4.69) is 0 Å². The summed E-state index contributed by atoms with van der Waals surface area (Å²) in [5.41, 5.74) is 2.16. The molecule has 0 atom stereocenters. The van der Waals surface area contributed by atoms with Gasteiger partial charge in [0, 0.05) is 5.39 Å². The lowest BCUT2D eigenvalue weighted by atomic mass is 10.1. The zero-order valence-corrected chi connectivity index (χ0v) is 7.90. The molecule has 0 saturated carbocycles. The smallest absolute Gasteiger partial charge is 0.268 e. The fourth-order valence-corrected chi connectivity index (χ4v) is 1.52. The molecule has 0 aromatic heterocycles. The second-order valence-electron chi connectivity index (χ2n) is 3.16. The molecule has 0 heterocycles. The molecule has 0 aliphatic heterocycles. The number of phenols is 1. The Balaban J connectivity index is 2.70. The fourth-order valence-electron chi connectivity index (χ4n) is 1.52. The van der Waals surface area contributed by atoms with Crippen molar-refractivity contribution in [3.8, 4) is 5.75 Å².